The van der Waals surface area contributed by atoms with Crippen LogP contribution in [0.4, 0.5) is 0 Å². The Hall–Kier alpha value is -1.03. The molecule has 2 amide bonds. The monoisotopic (exact) mass is 284 g/mol. The van der Waals surface area contributed by atoms with E-state index >= 15 is 0 Å². The fourth-order valence-corrected chi connectivity index (χ4v) is 2.95. The fourth-order valence-electron chi connectivity index (χ4n) is 2.87. The first-order valence-electron chi connectivity index (χ1n) is 6.93. The molecule has 0 aromatic heterocycles. The number of carbonyl (C=O) groups excluding carboxylic acids is 2. The summed E-state index contributed by atoms with van der Waals surface area (Å²) in [6.07, 6.45) is 5.30. The van der Waals surface area contributed by atoms with Crippen molar-refractivity contribution in [2.24, 2.45) is 5.92 Å². The average molecular weight is 285 g/mol. The number of halogens is 1. The molecule has 1 saturated heterocycles. The van der Waals surface area contributed by atoms with Gasteiger partial charge < -0.3 is 10.2 Å². The van der Waals surface area contributed by atoms with Gasteiger partial charge in [-0.15, -0.1) is 0 Å². The van der Waals surface area contributed by atoms with Crippen LogP contribution in [0.5, 0.6) is 0 Å². The molecule has 0 radical (unpaired) electrons. The fraction of sp³-hybridized carbons (Fsp3) is 0.714. The minimum absolute atomic E-state index is 0.0176. The molecule has 1 aliphatic carbocycles. The number of carbonyl (C=O) groups is 2. The van der Waals surface area contributed by atoms with Gasteiger partial charge in [-0.3, -0.25) is 9.59 Å². The van der Waals surface area contributed by atoms with Gasteiger partial charge in [0, 0.05) is 12.1 Å². The zero-order valence-electron chi connectivity index (χ0n) is 11.5. The van der Waals surface area contributed by atoms with Crippen LogP contribution in [0.25, 0.3) is 0 Å². The molecule has 19 heavy (non-hydrogen) atoms. The molecule has 0 bridgehead atoms. The van der Waals surface area contributed by atoms with Gasteiger partial charge in [-0.2, -0.15) is 0 Å². The molecule has 0 spiro atoms. The molecular formula is C14H21ClN2O2. The highest BCUT2D eigenvalue weighted by Crippen LogP contribution is 2.44. The Kier molecular flexibility index (Phi) is 4.19. The summed E-state index contributed by atoms with van der Waals surface area (Å²) in [6.45, 7) is 4.29. The Labute approximate surface area is 119 Å². The highest BCUT2D eigenvalue weighted by atomic mass is 35.5. The molecule has 1 aliphatic heterocycles. The molecule has 1 N–H and O–H groups in total. The predicted octanol–water partition coefficient (Wildman–Crippen LogP) is 2.03. The van der Waals surface area contributed by atoms with Gasteiger partial charge in [-0.05, 0) is 32.1 Å². The Balaban J connectivity index is 2.27. The van der Waals surface area contributed by atoms with Gasteiger partial charge in [0.1, 0.15) is 11.6 Å². The Bertz CT molecular complexity index is 406. The first kappa shape index (κ1) is 14.4. The molecule has 0 aromatic carbocycles. The van der Waals surface area contributed by atoms with E-state index in [1.54, 1.807) is 11.0 Å². The summed E-state index contributed by atoms with van der Waals surface area (Å²) >= 11 is 5.57. The van der Waals surface area contributed by atoms with Crippen molar-refractivity contribution in [2.75, 3.05) is 6.54 Å². The Morgan fingerprint density at radius 1 is 1.47 bits per heavy atom. The quantitative estimate of drug-likeness (QED) is 0.840. The van der Waals surface area contributed by atoms with Crippen LogP contribution >= 0.6 is 11.6 Å². The Morgan fingerprint density at radius 2 is 2.16 bits per heavy atom. The number of piperazine rings is 1. The molecule has 2 unspecified atom stereocenters. The highest BCUT2D eigenvalue weighted by Gasteiger charge is 2.56. The van der Waals surface area contributed by atoms with Gasteiger partial charge in [0.05, 0.1) is 0 Å². The van der Waals surface area contributed by atoms with E-state index in [2.05, 4.69) is 5.32 Å². The molecular weight excluding hydrogens is 264 g/mol. The summed E-state index contributed by atoms with van der Waals surface area (Å²) in [6, 6.07) is -0.381. The third-order valence-corrected chi connectivity index (χ3v) is 4.39. The van der Waals surface area contributed by atoms with Crippen LogP contribution in [-0.4, -0.2) is 34.8 Å². The smallest absolute Gasteiger partial charge is 0.246 e. The minimum atomic E-state index is -0.711. The zero-order chi connectivity index (χ0) is 14.0. The highest BCUT2D eigenvalue weighted by molar-refractivity contribution is 6.25. The standard InChI is InChI=1S/C14H21ClN2O2/c1-3-5-11-12(18)17(9-4-8-15)14(2,10-6-7-10)13(19)16-11/h4,8,10-11H,3,5-7,9H2,1-2H3,(H,16,19)/b8-4+. The summed E-state index contributed by atoms with van der Waals surface area (Å²) in [5.41, 5.74) is 0.694. The summed E-state index contributed by atoms with van der Waals surface area (Å²) in [4.78, 5) is 26.7. The van der Waals surface area contributed by atoms with E-state index in [4.69, 9.17) is 11.6 Å². The van der Waals surface area contributed by atoms with Crippen molar-refractivity contribution in [1.29, 1.82) is 0 Å². The largest absolute Gasteiger partial charge is 0.342 e. The molecule has 0 aromatic rings. The van der Waals surface area contributed by atoms with E-state index in [0.29, 0.717) is 13.0 Å². The SMILES string of the molecule is CCCC1NC(=O)C(C)(C2CC2)N(C/C=C/Cl)C1=O. The summed E-state index contributed by atoms with van der Waals surface area (Å²) in [5, 5.41) is 2.90. The third-order valence-electron chi connectivity index (χ3n) is 4.22. The second-order valence-electron chi connectivity index (χ2n) is 5.55. The van der Waals surface area contributed by atoms with Crippen molar-refractivity contribution in [3.05, 3.63) is 11.6 Å². The van der Waals surface area contributed by atoms with Crippen LogP contribution in [0, 0.1) is 5.92 Å². The predicted molar refractivity (Wildman–Crippen MR) is 74.7 cm³/mol. The summed E-state index contributed by atoms with van der Waals surface area (Å²) in [7, 11) is 0. The number of amides is 2. The second kappa shape index (κ2) is 5.53. The second-order valence-corrected chi connectivity index (χ2v) is 5.80. The van der Waals surface area contributed by atoms with Crippen molar-refractivity contribution in [2.45, 2.75) is 51.1 Å². The van der Waals surface area contributed by atoms with Crippen LogP contribution in [0.15, 0.2) is 11.6 Å². The van der Waals surface area contributed by atoms with Crippen LogP contribution in [0.2, 0.25) is 0 Å². The minimum Gasteiger partial charge on any atom is -0.342 e. The van der Waals surface area contributed by atoms with Crippen LogP contribution in [0.1, 0.15) is 39.5 Å². The molecule has 2 rings (SSSR count). The molecule has 5 heteroatoms. The number of hydrogen-bond donors (Lipinski definition) is 1. The molecule has 2 atom stereocenters. The lowest BCUT2D eigenvalue weighted by Crippen LogP contribution is -2.70. The van der Waals surface area contributed by atoms with Gasteiger partial charge in [0.2, 0.25) is 11.8 Å². The van der Waals surface area contributed by atoms with Crippen molar-refractivity contribution in [1.82, 2.24) is 10.2 Å². The maximum absolute atomic E-state index is 12.5. The van der Waals surface area contributed by atoms with Gasteiger partial charge in [0.15, 0.2) is 0 Å². The molecule has 2 fully saturated rings. The average Bonchev–Trinajstić information content (AvgIpc) is 3.20. The van der Waals surface area contributed by atoms with E-state index in [1.165, 1.54) is 5.54 Å². The molecule has 4 nitrogen and oxygen atoms in total. The van der Waals surface area contributed by atoms with Crippen LogP contribution < -0.4 is 5.32 Å². The van der Waals surface area contributed by atoms with E-state index < -0.39 is 5.54 Å². The lowest BCUT2D eigenvalue weighted by Gasteiger charge is -2.46. The zero-order valence-corrected chi connectivity index (χ0v) is 12.2. The Morgan fingerprint density at radius 3 is 2.68 bits per heavy atom. The van der Waals surface area contributed by atoms with Crippen molar-refractivity contribution in [3.8, 4) is 0 Å². The van der Waals surface area contributed by atoms with Gasteiger partial charge in [-0.25, -0.2) is 0 Å². The maximum Gasteiger partial charge on any atom is 0.246 e. The van der Waals surface area contributed by atoms with E-state index in [-0.39, 0.29) is 23.8 Å². The molecule has 1 heterocycles. The lowest BCUT2D eigenvalue weighted by molar-refractivity contribution is -0.157. The first-order chi connectivity index (χ1) is 9.05. The van der Waals surface area contributed by atoms with E-state index in [1.807, 2.05) is 13.8 Å². The lowest BCUT2D eigenvalue weighted by atomic mass is 9.87. The topological polar surface area (TPSA) is 49.4 Å². The normalized spacial score (nSPS) is 31.9. The first-order valence-corrected chi connectivity index (χ1v) is 7.37. The molecule has 2 aliphatic rings. The molecule has 1 saturated carbocycles. The van der Waals surface area contributed by atoms with Crippen molar-refractivity contribution in [3.63, 3.8) is 0 Å². The van der Waals surface area contributed by atoms with Gasteiger partial charge >= 0.3 is 0 Å². The van der Waals surface area contributed by atoms with E-state index in [9.17, 15) is 9.59 Å². The van der Waals surface area contributed by atoms with Crippen molar-refractivity contribution >= 4 is 23.4 Å². The van der Waals surface area contributed by atoms with E-state index in [0.717, 1.165) is 19.3 Å². The number of nitrogens with one attached hydrogen (secondary N) is 1. The van der Waals surface area contributed by atoms with Crippen LogP contribution in [0.3, 0.4) is 0 Å². The van der Waals surface area contributed by atoms with Crippen LogP contribution in [-0.2, 0) is 9.59 Å². The van der Waals surface area contributed by atoms with Crippen molar-refractivity contribution < 1.29 is 9.59 Å². The summed E-state index contributed by atoms with van der Waals surface area (Å²) in [5.74, 6) is 0.282. The number of nitrogens with zero attached hydrogens (tertiary/aromatic N) is 1. The van der Waals surface area contributed by atoms with Gasteiger partial charge in [-0.1, -0.05) is 31.0 Å². The molecule has 106 valence electrons. The maximum atomic E-state index is 12.5. The third kappa shape index (κ3) is 2.50. The number of rotatable bonds is 5. The number of hydrogen-bond acceptors (Lipinski definition) is 2. The summed E-state index contributed by atoms with van der Waals surface area (Å²) < 4.78 is 0. The van der Waals surface area contributed by atoms with Gasteiger partial charge in [0.25, 0.3) is 0 Å².